The van der Waals surface area contributed by atoms with Crippen molar-refractivity contribution in [2.24, 2.45) is 0 Å². The van der Waals surface area contributed by atoms with E-state index in [1.165, 1.54) is 17.7 Å². The van der Waals surface area contributed by atoms with Crippen molar-refractivity contribution in [3.05, 3.63) is 59.7 Å². The van der Waals surface area contributed by atoms with Crippen LogP contribution < -0.4 is 4.90 Å². The second kappa shape index (κ2) is 4.96. The molecule has 1 aliphatic rings. The van der Waals surface area contributed by atoms with E-state index in [0.29, 0.717) is 11.8 Å². The van der Waals surface area contributed by atoms with E-state index in [0.717, 1.165) is 18.5 Å². The number of aryl methyl sites for hydroxylation is 1. The van der Waals surface area contributed by atoms with Gasteiger partial charge in [0, 0.05) is 23.8 Å². The minimum absolute atomic E-state index is 0.387. The summed E-state index contributed by atoms with van der Waals surface area (Å²) in [5, 5.41) is 9.95. The lowest BCUT2D eigenvalue weighted by Crippen LogP contribution is -2.36. The molecule has 0 fully saturated rings. The van der Waals surface area contributed by atoms with Gasteiger partial charge >= 0.3 is 0 Å². The van der Waals surface area contributed by atoms with Gasteiger partial charge in [-0.05, 0) is 37.5 Å². The van der Waals surface area contributed by atoms with E-state index < -0.39 is 0 Å². The van der Waals surface area contributed by atoms with Crippen LogP contribution in [0.15, 0.2) is 48.5 Å². The zero-order chi connectivity index (χ0) is 13.2. The van der Waals surface area contributed by atoms with E-state index in [2.05, 4.69) is 36.1 Å². The maximum absolute atomic E-state index is 9.95. The Labute approximate surface area is 114 Å². The molecule has 1 atom stereocenters. The van der Waals surface area contributed by atoms with Crippen LogP contribution in [0.2, 0.25) is 0 Å². The number of benzene rings is 2. The molecule has 0 radical (unpaired) electrons. The van der Waals surface area contributed by atoms with Crippen molar-refractivity contribution in [3.8, 4) is 5.75 Å². The third-order valence-electron chi connectivity index (χ3n) is 4.00. The highest BCUT2D eigenvalue weighted by atomic mass is 16.3. The summed E-state index contributed by atoms with van der Waals surface area (Å²) >= 11 is 0. The van der Waals surface area contributed by atoms with Crippen molar-refractivity contribution in [1.29, 1.82) is 0 Å². The van der Waals surface area contributed by atoms with E-state index in [1.807, 2.05) is 18.2 Å². The van der Waals surface area contributed by atoms with E-state index in [1.54, 1.807) is 6.07 Å². The predicted molar refractivity (Wildman–Crippen MR) is 78.5 cm³/mol. The number of hydrogen-bond acceptors (Lipinski definition) is 2. The topological polar surface area (TPSA) is 23.5 Å². The van der Waals surface area contributed by atoms with Gasteiger partial charge in [0.05, 0.1) is 0 Å². The quantitative estimate of drug-likeness (QED) is 0.881. The molecule has 1 unspecified atom stereocenters. The molecular formula is C17H19NO. The number of para-hydroxylation sites is 2. The Kier molecular flexibility index (Phi) is 3.16. The summed E-state index contributed by atoms with van der Waals surface area (Å²) in [5.74, 6) is 0.387. The molecule has 2 aromatic carbocycles. The number of rotatable bonds is 2. The first-order valence-electron chi connectivity index (χ1n) is 6.87. The summed E-state index contributed by atoms with van der Waals surface area (Å²) in [7, 11) is 0. The Morgan fingerprint density at radius 2 is 1.84 bits per heavy atom. The maximum atomic E-state index is 9.95. The molecule has 0 saturated heterocycles. The third-order valence-corrected chi connectivity index (χ3v) is 4.00. The van der Waals surface area contributed by atoms with Gasteiger partial charge in [-0.2, -0.15) is 0 Å². The Hall–Kier alpha value is -1.96. The van der Waals surface area contributed by atoms with Gasteiger partial charge < -0.3 is 10.0 Å². The van der Waals surface area contributed by atoms with Gasteiger partial charge in [0.2, 0.25) is 0 Å². The molecule has 2 aromatic rings. The molecule has 0 aliphatic carbocycles. The summed E-state index contributed by atoms with van der Waals surface area (Å²) < 4.78 is 0. The lowest BCUT2D eigenvalue weighted by Gasteiger charge is -2.37. The van der Waals surface area contributed by atoms with Gasteiger partial charge in [0.25, 0.3) is 0 Å². The molecule has 98 valence electrons. The average molecular weight is 253 g/mol. The van der Waals surface area contributed by atoms with Gasteiger partial charge in [-0.15, -0.1) is 0 Å². The average Bonchev–Trinajstić information content (AvgIpc) is 2.44. The zero-order valence-corrected chi connectivity index (χ0v) is 11.2. The molecule has 19 heavy (non-hydrogen) atoms. The Bertz CT molecular complexity index is 579. The lowest BCUT2D eigenvalue weighted by molar-refractivity contribution is 0.463. The summed E-state index contributed by atoms with van der Waals surface area (Å²) in [4.78, 5) is 2.40. The van der Waals surface area contributed by atoms with E-state index in [4.69, 9.17) is 0 Å². The number of aromatic hydroxyl groups is 1. The molecule has 0 bridgehead atoms. The second-order valence-electron chi connectivity index (χ2n) is 5.27. The molecular weight excluding hydrogens is 234 g/mol. The van der Waals surface area contributed by atoms with Crippen molar-refractivity contribution in [1.82, 2.24) is 0 Å². The summed E-state index contributed by atoms with van der Waals surface area (Å²) in [6, 6.07) is 16.7. The first-order valence-corrected chi connectivity index (χ1v) is 6.87. The molecule has 2 nitrogen and oxygen atoms in total. The van der Waals surface area contributed by atoms with Crippen LogP contribution in [0, 0.1) is 0 Å². The minimum Gasteiger partial charge on any atom is -0.508 e. The Morgan fingerprint density at radius 3 is 2.68 bits per heavy atom. The summed E-state index contributed by atoms with van der Waals surface area (Å²) in [6.07, 6.45) is 2.32. The maximum Gasteiger partial charge on any atom is 0.120 e. The van der Waals surface area contributed by atoms with E-state index in [-0.39, 0.29) is 0 Å². The van der Waals surface area contributed by atoms with Crippen LogP contribution >= 0.6 is 0 Å². The molecule has 0 spiro atoms. The number of phenolic OH excluding ortho intramolecular Hbond substituents is 1. The number of fused-ring (bicyclic) bond motifs is 1. The summed E-state index contributed by atoms with van der Waals surface area (Å²) in [6.45, 7) is 3.03. The fourth-order valence-electron chi connectivity index (χ4n) is 2.83. The van der Waals surface area contributed by atoms with Crippen LogP contribution in [0.25, 0.3) is 0 Å². The van der Waals surface area contributed by atoms with Gasteiger partial charge in [0.1, 0.15) is 5.75 Å². The van der Waals surface area contributed by atoms with E-state index in [9.17, 15) is 5.11 Å². The van der Waals surface area contributed by atoms with Gasteiger partial charge in [-0.25, -0.2) is 0 Å². The van der Waals surface area contributed by atoms with Gasteiger partial charge in [-0.3, -0.25) is 0 Å². The molecule has 1 heterocycles. The number of nitrogens with zero attached hydrogens (tertiary/aromatic N) is 1. The van der Waals surface area contributed by atoms with Crippen LogP contribution in [0.4, 0.5) is 5.69 Å². The number of phenols is 1. The van der Waals surface area contributed by atoms with Crippen molar-refractivity contribution < 1.29 is 5.11 Å². The van der Waals surface area contributed by atoms with Gasteiger partial charge in [0.15, 0.2) is 0 Å². The zero-order valence-electron chi connectivity index (χ0n) is 11.2. The third kappa shape index (κ3) is 2.30. The van der Waals surface area contributed by atoms with Crippen LogP contribution in [0.1, 0.15) is 24.5 Å². The smallest absolute Gasteiger partial charge is 0.120 e. The van der Waals surface area contributed by atoms with E-state index >= 15 is 0 Å². The Balaban J connectivity index is 1.94. The monoisotopic (exact) mass is 253 g/mol. The standard InChI is InChI=1S/C17H19NO/c1-13-10-11-14-6-2-4-8-16(14)18(13)12-15-7-3-5-9-17(15)19/h2-9,13,19H,10-12H2,1H3. The largest absolute Gasteiger partial charge is 0.508 e. The molecule has 0 saturated carbocycles. The number of hydrogen-bond donors (Lipinski definition) is 1. The molecule has 3 rings (SSSR count). The first kappa shape index (κ1) is 12.1. The predicted octanol–water partition coefficient (Wildman–Crippen LogP) is 3.73. The van der Waals surface area contributed by atoms with Crippen LogP contribution in [-0.4, -0.2) is 11.1 Å². The lowest BCUT2D eigenvalue weighted by atomic mass is 9.96. The highest BCUT2D eigenvalue weighted by molar-refractivity contribution is 5.57. The van der Waals surface area contributed by atoms with Crippen molar-refractivity contribution in [2.45, 2.75) is 32.4 Å². The molecule has 2 heteroatoms. The minimum atomic E-state index is 0.387. The van der Waals surface area contributed by atoms with Crippen molar-refractivity contribution in [2.75, 3.05) is 4.90 Å². The van der Waals surface area contributed by atoms with Crippen molar-refractivity contribution in [3.63, 3.8) is 0 Å². The SMILES string of the molecule is CC1CCc2ccccc2N1Cc1ccccc1O. The Morgan fingerprint density at radius 1 is 1.11 bits per heavy atom. The van der Waals surface area contributed by atoms with Crippen LogP contribution in [0.5, 0.6) is 5.75 Å². The second-order valence-corrected chi connectivity index (χ2v) is 5.27. The van der Waals surface area contributed by atoms with Crippen LogP contribution in [-0.2, 0) is 13.0 Å². The highest BCUT2D eigenvalue weighted by Gasteiger charge is 2.23. The molecule has 0 aromatic heterocycles. The fourth-order valence-corrected chi connectivity index (χ4v) is 2.83. The van der Waals surface area contributed by atoms with Crippen LogP contribution in [0.3, 0.4) is 0 Å². The highest BCUT2D eigenvalue weighted by Crippen LogP contribution is 2.32. The normalized spacial score (nSPS) is 18.2. The van der Waals surface area contributed by atoms with Gasteiger partial charge in [-0.1, -0.05) is 36.4 Å². The summed E-state index contributed by atoms with van der Waals surface area (Å²) in [5.41, 5.74) is 3.71. The van der Waals surface area contributed by atoms with Crippen molar-refractivity contribution >= 4 is 5.69 Å². The fraction of sp³-hybridized carbons (Fsp3) is 0.294. The number of anilines is 1. The molecule has 1 N–H and O–H groups in total. The molecule has 1 aliphatic heterocycles. The molecule has 0 amide bonds. The first-order chi connectivity index (χ1) is 9.25.